The zero-order valence-electron chi connectivity index (χ0n) is 12.2. The van der Waals surface area contributed by atoms with Crippen LogP contribution in [0.5, 0.6) is 0 Å². The number of thioether (sulfide) groups is 1. The molecule has 1 aromatic rings. The molecule has 1 heterocycles. The Hall–Kier alpha value is -0.480. The summed E-state index contributed by atoms with van der Waals surface area (Å²) in [6.07, 6.45) is 6.35. The minimum absolute atomic E-state index is 0.212. The molecule has 0 aliphatic rings. The fourth-order valence-electron chi connectivity index (χ4n) is 2.37. The fraction of sp³-hybridized carbons (Fsp3) is 0.786. The summed E-state index contributed by atoms with van der Waals surface area (Å²) in [6.45, 7) is 7.50. The molecule has 0 amide bonds. The van der Waals surface area contributed by atoms with Gasteiger partial charge in [-0.3, -0.25) is 4.68 Å². The average Bonchev–Trinajstić information content (AvgIpc) is 2.66. The molecule has 0 radical (unpaired) electrons. The standard InChI is InChI=1S/C14H27N3S/c1-5-13-12(10-11(3)15)14(6-2)17(16-13)8-7-9-18-4/h11H,5-10,15H2,1-4H3. The van der Waals surface area contributed by atoms with E-state index >= 15 is 0 Å². The summed E-state index contributed by atoms with van der Waals surface area (Å²) in [5.41, 5.74) is 10.0. The molecule has 18 heavy (non-hydrogen) atoms. The molecule has 3 nitrogen and oxygen atoms in total. The molecule has 2 N–H and O–H groups in total. The normalized spacial score (nSPS) is 12.9. The molecule has 0 saturated heterocycles. The molecule has 0 aliphatic heterocycles. The lowest BCUT2D eigenvalue weighted by Gasteiger charge is -2.09. The maximum absolute atomic E-state index is 5.96. The highest BCUT2D eigenvalue weighted by Gasteiger charge is 2.16. The lowest BCUT2D eigenvalue weighted by Crippen LogP contribution is -2.19. The number of nitrogens with zero attached hydrogens (tertiary/aromatic N) is 2. The van der Waals surface area contributed by atoms with Crippen molar-refractivity contribution >= 4 is 11.8 Å². The Labute approximate surface area is 116 Å². The summed E-state index contributed by atoms with van der Waals surface area (Å²) in [5.74, 6) is 1.20. The number of aromatic nitrogens is 2. The Balaban J connectivity index is 2.92. The van der Waals surface area contributed by atoms with Gasteiger partial charge in [-0.15, -0.1) is 0 Å². The lowest BCUT2D eigenvalue weighted by molar-refractivity contribution is 0.572. The Morgan fingerprint density at radius 2 is 2.06 bits per heavy atom. The number of rotatable bonds is 8. The van der Waals surface area contributed by atoms with Crippen molar-refractivity contribution in [2.24, 2.45) is 5.73 Å². The zero-order valence-corrected chi connectivity index (χ0v) is 13.0. The minimum Gasteiger partial charge on any atom is -0.328 e. The molecule has 0 spiro atoms. The molecule has 0 aliphatic carbocycles. The van der Waals surface area contributed by atoms with Crippen LogP contribution in [0.1, 0.15) is 44.1 Å². The van der Waals surface area contributed by atoms with Crippen LogP contribution in [0.2, 0.25) is 0 Å². The third-order valence-electron chi connectivity index (χ3n) is 3.16. The van der Waals surface area contributed by atoms with Gasteiger partial charge in [0, 0.05) is 18.3 Å². The quantitative estimate of drug-likeness (QED) is 0.738. The SMILES string of the molecule is CCc1nn(CCCSC)c(CC)c1CC(C)N. The predicted octanol–water partition coefficient (Wildman–Crippen LogP) is 2.65. The fourth-order valence-corrected chi connectivity index (χ4v) is 2.79. The predicted molar refractivity (Wildman–Crippen MR) is 81.3 cm³/mol. The van der Waals surface area contributed by atoms with E-state index < -0.39 is 0 Å². The van der Waals surface area contributed by atoms with Crippen molar-refractivity contribution in [2.45, 2.75) is 59.0 Å². The second-order valence-electron chi connectivity index (χ2n) is 4.83. The van der Waals surface area contributed by atoms with Crippen LogP contribution in [0.25, 0.3) is 0 Å². The van der Waals surface area contributed by atoms with Gasteiger partial charge in [-0.1, -0.05) is 13.8 Å². The molecule has 0 aromatic carbocycles. The van der Waals surface area contributed by atoms with Crippen LogP contribution in [0.3, 0.4) is 0 Å². The van der Waals surface area contributed by atoms with Crippen molar-refractivity contribution in [2.75, 3.05) is 12.0 Å². The van der Waals surface area contributed by atoms with E-state index in [4.69, 9.17) is 10.8 Å². The second kappa shape index (κ2) is 7.85. The van der Waals surface area contributed by atoms with Crippen molar-refractivity contribution < 1.29 is 0 Å². The highest BCUT2D eigenvalue weighted by Crippen LogP contribution is 2.18. The number of aryl methyl sites for hydroxylation is 2. The average molecular weight is 269 g/mol. The first-order chi connectivity index (χ1) is 8.63. The van der Waals surface area contributed by atoms with Gasteiger partial charge in [0.15, 0.2) is 0 Å². The molecular weight excluding hydrogens is 242 g/mol. The van der Waals surface area contributed by atoms with Crippen LogP contribution < -0.4 is 5.73 Å². The maximum Gasteiger partial charge on any atom is 0.0657 e. The molecule has 0 bridgehead atoms. The van der Waals surface area contributed by atoms with Gasteiger partial charge in [0.1, 0.15) is 0 Å². The molecule has 0 saturated carbocycles. The van der Waals surface area contributed by atoms with E-state index in [0.717, 1.165) is 25.8 Å². The van der Waals surface area contributed by atoms with Gasteiger partial charge in [0.05, 0.1) is 5.69 Å². The minimum atomic E-state index is 0.212. The molecule has 1 unspecified atom stereocenters. The van der Waals surface area contributed by atoms with Gasteiger partial charge >= 0.3 is 0 Å². The van der Waals surface area contributed by atoms with Gasteiger partial charge < -0.3 is 5.73 Å². The lowest BCUT2D eigenvalue weighted by atomic mass is 10.0. The summed E-state index contributed by atoms with van der Waals surface area (Å²) in [4.78, 5) is 0. The second-order valence-corrected chi connectivity index (χ2v) is 5.82. The van der Waals surface area contributed by atoms with Gasteiger partial charge in [-0.05, 0) is 50.2 Å². The first-order valence-electron chi connectivity index (χ1n) is 6.95. The molecule has 4 heteroatoms. The molecule has 0 fully saturated rings. The third kappa shape index (κ3) is 4.02. The van der Waals surface area contributed by atoms with E-state index in [2.05, 4.69) is 31.7 Å². The largest absolute Gasteiger partial charge is 0.328 e. The van der Waals surface area contributed by atoms with Crippen molar-refractivity contribution in [1.82, 2.24) is 9.78 Å². The van der Waals surface area contributed by atoms with Crippen LogP contribution in [-0.4, -0.2) is 27.8 Å². The Morgan fingerprint density at radius 3 is 2.56 bits per heavy atom. The van der Waals surface area contributed by atoms with Crippen LogP contribution in [0, 0.1) is 0 Å². The topological polar surface area (TPSA) is 43.8 Å². The first-order valence-corrected chi connectivity index (χ1v) is 8.35. The molecular formula is C14H27N3S. The monoisotopic (exact) mass is 269 g/mol. The van der Waals surface area contributed by atoms with Crippen LogP contribution >= 0.6 is 11.8 Å². The number of hydrogen-bond donors (Lipinski definition) is 1. The van der Waals surface area contributed by atoms with Gasteiger partial charge in [0.25, 0.3) is 0 Å². The Bertz CT molecular complexity index is 358. The number of nitrogens with two attached hydrogens (primary N) is 1. The van der Waals surface area contributed by atoms with Crippen molar-refractivity contribution in [3.05, 3.63) is 17.0 Å². The van der Waals surface area contributed by atoms with Crippen molar-refractivity contribution in [1.29, 1.82) is 0 Å². The van der Waals surface area contributed by atoms with E-state index in [9.17, 15) is 0 Å². The highest BCUT2D eigenvalue weighted by molar-refractivity contribution is 7.98. The number of hydrogen-bond acceptors (Lipinski definition) is 3. The molecule has 1 aromatic heterocycles. The van der Waals surface area contributed by atoms with Crippen LogP contribution in [0.15, 0.2) is 0 Å². The Morgan fingerprint density at radius 1 is 1.33 bits per heavy atom. The summed E-state index contributed by atoms with van der Waals surface area (Å²) in [7, 11) is 0. The van der Waals surface area contributed by atoms with Crippen molar-refractivity contribution in [3.8, 4) is 0 Å². The maximum atomic E-state index is 5.96. The van der Waals surface area contributed by atoms with E-state index in [-0.39, 0.29) is 6.04 Å². The summed E-state index contributed by atoms with van der Waals surface area (Å²) < 4.78 is 2.22. The summed E-state index contributed by atoms with van der Waals surface area (Å²) >= 11 is 1.90. The molecule has 104 valence electrons. The van der Waals surface area contributed by atoms with Crippen LogP contribution in [-0.2, 0) is 25.8 Å². The molecule has 1 atom stereocenters. The summed E-state index contributed by atoms with van der Waals surface area (Å²) in [5, 5.41) is 4.78. The Kier molecular flexibility index (Phi) is 6.79. The highest BCUT2D eigenvalue weighted by atomic mass is 32.2. The van der Waals surface area contributed by atoms with E-state index in [1.165, 1.54) is 29.1 Å². The van der Waals surface area contributed by atoms with E-state index in [0.29, 0.717) is 0 Å². The van der Waals surface area contributed by atoms with Gasteiger partial charge in [0.2, 0.25) is 0 Å². The van der Waals surface area contributed by atoms with E-state index in [1.807, 2.05) is 11.8 Å². The zero-order chi connectivity index (χ0) is 13.5. The van der Waals surface area contributed by atoms with E-state index in [1.54, 1.807) is 0 Å². The molecule has 1 rings (SSSR count). The van der Waals surface area contributed by atoms with Gasteiger partial charge in [-0.25, -0.2) is 0 Å². The van der Waals surface area contributed by atoms with Crippen LogP contribution in [0.4, 0.5) is 0 Å². The first kappa shape index (κ1) is 15.6. The summed E-state index contributed by atoms with van der Waals surface area (Å²) in [6, 6.07) is 0.212. The smallest absolute Gasteiger partial charge is 0.0657 e. The third-order valence-corrected chi connectivity index (χ3v) is 3.86. The van der Waals surface area contributed by atoms with Crippen molar-refractivity contribution in [3.63, 3.8) is 0 Å². The van der Waals surface area contributed by atoms with Gasteiger partial charge in [-0.2, -0.15) is 16.9 Å².